The first-order valence-corrected chi connectivity index (χ1v) is 7.33. The van der Waals surface area contributed by atoms with E-state index in [9.17, 15) is 0 Å². The summed E-state index contributed by atoms with van der Waals surface area (Å²) in [5.41, 5.74) is 0. The Labute approximate surface area is 114 Å². The van der Waals surface area contributed by atoms with Crippen molar-refractivity contribution in [2.45, 2.75) is 63.6 Å². The zero-order valence-electron chi connectivity index (χ0n) is 11.8. The Kier molecular flexibility index (Phi) is 3.84. The van der Waals surface area contributed by atoms with Crippen LogP contribution in [0.1, 0.15) is 44.3 Å². The highest BCUT2D eigenvalue weighted by atomic mass is 16.5. The van der Waals surface area contributed by atoms with E-state index in [-0.39, 0.29) is 6.10 Å². The molecule has 0 aromatic carbocycles. The molecule has 2 saturated heterocycles. The Morgan fingerprint density at radius 3 is 2.79 bits per heavy atom. The van der Waals surface area contributed by atoms with E-state index in [1.165, 1.54) is 25.7 Å². The van der Waals surface area contributed by atoms with E-state index in [1.807, 2.05) is 6.92 Å². The first-order valence-electron chi connectivity index (χ1n) is 7.33. The van der Waals surface area contributed by atoms with Crippen molar-refractivity contribution in [3.63, 3.8) is 0 Å². The van der Waals surface area contributed by atoms with Crippen molar-refractivity contribution < 1.29 is 9.26 Å². The molecule has 5 nitrogen and oxygen atoms in total. The van der Waals surface area contributed by atoms with Crippen molar-refractivity contribution in [3.05, 3.63) is 11.7 Å². The van der Waals surface area contributed by atoms with E-state index < -0.39 is 0 Å². The molecule has 0 amide bonds. The zero-order valence-corrected chi connectivity index (χ0v) is 11.8. The minimum atomic E-state index is 0.139. The maximum Gasteiger partial charge on any atom is 0.226 e. The Balaban J connectivity index is 1.55. The van der Waals surface area contributed by atoms with Crippen LogP contribution in [-0.2, 0) is 17.6 Å². The van der Waals surface area contributed by atoms with Crippen LogP contribution in [0.4, 0.5) is 0 Å². The van der Waals surface area contributed by atoms with Crippen molar-refractivity contribution in [1.82, 2.24) is 15.5 Å². The van der Waals surface area contributed by atoms with Gasteiger partial charge in [-0.2, -0.15) is 4.98 Å². The van der Waals surface area contributed by atoms with Crippen molar-refractivity contribution >= 4 is 0 Å². The number of hydrogen-bond acceptors (Lipinski definition) is 5. The van der Waals surface area contributed by atoms with Gasteiger partial charge in [0.2, 0.25) is 5.89 Å². The number of hydrogen-bond donors (Lipinski definition) is 1. The highest BCUT2D eigenvalue weighted by Gasteiger charge is 2.34. The lowest BCUT2D eigenvalue weighted by Gasteiger charge is -2.28. The molecule has 3 heterocycles. The molecule has 3 rings (SSSR count). The first kappa shape index (κ1) is 13.1. The van der Waals surface area contributed by atoms with Crippen LogP contribution >= 0.6 is 0 Å². The van der Waals surface area contributed by atoms with Crippen LogP contribution in [0.3, 0.4) is 0 Å². The molecule has 19 heavy (non-hydrogen) atoms. The van der Waals surface area contributed by atoms with Gasteiger partial charge in [-0.15, -0.1) is 0 Å². The number of rotatable bonds is 5. The molecular weight excluding hydrogens is 242 g/mol. The number of nitrogens with zero attached hydrogens (tertiary/aromatic N) is 2. The predicted octanol–water partition coefficient (Wildman–Crippen LogP) is 1.72. The fourth-order valence-corrected chi connectivity index (χ4v) is 3.39. The highest BCUT2D eigenvalue weighted by molar-refractivity contribution is 4.96. The fraction of sp³-hybridized carbons (Fsp3) is 0.857. The fourth-order valence-electron chi connectivity index (χ4n) is 3.39. The third-order valence-electron chi connectivity index (χ3n) is 4.42. The molecule has 1 aromatic rings. The molecule has 2 fully saturated rings. The van der Waals surface area contributed by atoms with Crippen LogP contribution in [0.2, 0.25) is 0 Å². The molecule has 1 aromatic heterocycles. The maximum absolute atomic E-state index is 5.37. The Morgan fingerprint density at radius 2 is 2.11 bits per heavy atom. The lowest BCUT2D eigenvalue weighted by molar-refractivity contribution is 0.116. The molecule has 106 valence electrons. The second-order valence-corrected chi connectivity index (χ2v) is 6.03. The van der Waals surface area contributed by atoms with E-state index >= 15 is 0 Å². The number of fused-ring (bicyclic) bond motifs is 2. The van der Waals surface area contributed by atoms with Gasteiger partial charge in [0.15, 0.2) is 5.82 Å². The summed E-state index contributed by atoms with van der Waals surface area (Å²) in [5.74, 6) is 2.26. The molecule has 5 heteroatoms. The van der Waals surface area contributed by atoms with Crippen LogP contribution in [-0.4, -0.2) is 35.4 Å². The summed E-state index contributed by atoms with van der Waals surface area (Å²) in [5, 5.41) is 7.70. The van der Waals surface area contributed by atoms with Crippen molar-refractivity contribution in [3.8, 4) is 0 Å². The lowest BCUT2D eigenvalue weighted by Crippen LogP contribution is -2.38. The van der Waals surface area contributed by atoms with E-state index in [4.69, 9.17) is 9.26 Å². The van der Waals surface area contributed by atoms with Crippen LogP contribution in [0.5, 0.6) is 0 Å². The van der Waals surface area contributed by atoms with Gasteiger partial charge in [0.25, 0.3) is 0 Å². The predicted molar refractivity (Wildman–Crippen MR) is 70.8 cm³/mol. The number of piperidine rings is 1. The molecular formula is C14H23N3O2. The summed E-state index contributed by atoms with van der Waals surface area (Å²) in [6, 6.07) is 1.44. The molecule has 0 radical (unpaired) electrons. The monoisotopic (exact) mass is 265 g/mol. The summed E-state index contributed by atoms with van der Waals surface area (Å²) >= 11 is 0. The van der Waals surface area contributed by atoms with Gasteiger partial charge in [-0.25, -0.2) is 0 Å². The third-order valence-corrected chi connectivity index (χ3v) is 4.42. The van der Waals surface area contributed by atoms with Crippen molar-refractivity contribution in [1.29, 1.82) is 0 Å². The van der Waals surface area contributed by atoms with E-state index in [2.05, 4.69) is 15.5 Å². The van der Waals surface area contributed by atoms with Gasteiger partial charge in [0.1, 0.15) is 0 Å². The summed E-state index contributed by atoms with van der Waals surface area (Å²) in [7, 11) is 1.70. The molecule has 3 unspecified atom stereocenters. The normalized spacial score (nSPS) is 31.6. The Morgan fingerprint density at radius 1 is 1.37 bits per heavy atom. The molecule has 0 spiro atoms. The number of nitrogens with one attached hydrogen (secondary N) is 1. The molecule has 3 atom stereocenters. The van der Waals surface area contributed by atoms with Gasteiger partial charge in [-0.3, -0.25) is 0 Å². The first-order chi connectivity index (χ1) is 9.22. The number of methoxy groups -OCH3 is 1. The van der Waals surface area contributed by atoms with E-state index in [0.717, 1.165) is 36.6 Å². The average Bonchev–Trinajstić information content (AvgIpc) is 2.96. The highest BCUT2D eigenvalue weighted by Crippen LogP contribution is 2.32. The number of ether oxygens (including phenoxy) is 1. The van der Waals surface area contributed by atoms with Gasteiger partial charge in [0.05, 0.1) is 6.10 Å². The van der Waals surface area contributed by atoms with Crippen LogP contribution in [0.25, 0.3) is 0 Å². The largest absolute Gasteiger partial charge is 0.381 e. The van der Waals surface area contributed by atoms with Gasteiger partial charge < -0.3 is 14.6 Å². The molecule has 0 aliphatic carbocycles. The Hall–Kier alpha value is -0.940. The maximum atomic E-state index is 5.37. The SMILES string of the molecule is COC(C)Cc1noc(CC2CC3CCC(C2)N3)n1. The Bertz CT molecular complexity index is 409. The molecule has 2 aliphatic rings. The van der Waals surface area contributed by atoms with Crippen LogP contribution in [0, 0.1) is 5.92 Å². The summed E-state index contributed by atoms with van der Waals surface area (Å²) in [6.07, 6.45) is 6.97. The molecule has 1 N–H and O–H groups in total. The minimum absolute atomic E-state index is 0.139. The van der Waals surface area contributed by atoms with Gasteiger partial charge in [-0.1, -0.05) is 5.16 Å². The smallest absolute Gasteiger partial charge is 0.226 e. The van der Waals surface area contributed by atoms with Gasteiger partial charge in [0, 0.05) is 32.0 Å². The third kappa shape index (κ3) is 3.15. The summed E-state index contributed by atoms with van der Waals surface area (Å²) in [4.78, 5) is 4.48. The minimum Gasteiger partial charge on any atom is -0.381 e. The van der Waals surface area contributed by atoms with Crippen LogP contribution in [0.15, 0.2) is 4.52 Å². The second-order valence-electron chi connectivity index (χ2n) is 6.03. The summed E-state index contributed by atoms with van der Waals surface area (Å²) < 4.78 is 10.6. The van der Waals surface area contributed by atoms with Crippen LogP contribution < -0.4 is 5.32 Å². The average molecular weight is 265 g/mol. The molecule has 2 aliphatic heterocycles. The standard InChI is InChI=1S/C14H23N3O2/c1-9(18-2)5-13-16-14(19-17-13)8-10-6-11-3-4-12(7-10)15-11/h9-12,15H,3-8H2,1-2H3. The van der Waals surface area contributed by atoms with E-state index in [1.54, 1.807) is 7.11 Å². The zero-order chi connectivity index (χ0) is 13.2. The summed E-state index contributed by atoms with van der Waals surface area (Å²) in [6.45, 7) is 2.01. The number of aromatic nitrogens is 2. The molecule has 0 saturated carbocycles. The molecule has 2 bridgehead atoms. The van der Waals surface area contributed by atoms with Gasteiger partial charge in [-0.05, 0) is 38.5 Å². The second kappa shape index (κ2) is 5.59. The lowest BCUT2D eigenvalue weighted by atomic mass is 9.90. The quantitative estimate of drug-likeness (QED) is 0.878. The van der Waals surface area contributed by atoms with Gasteiger partial charge >= 0.3 is 0 Å². The van der Waals surface area contributed by atoms with Crippen molar-refractivity contribution in [2.24, 2.45) is 5.92 Å². The topological polar surface area (TPSA) is 60.2 Å². The van der Waals surface area contributed by atoms with Crippen molar-refractivity contribution in [2.75, 3.05) is 7.11 Å². The van der Waals surface area contributed by atoms with E-state index in [0.29, 0.717) is 5.92 Å².